The first-order valence-electron chi connectivity index (χ1n) is 5.32. The predicted octanol–water partition coefficient (Wildman–Crippen LogP) is 2.12. The fraction of sp³-hybridized carbons (Fsp3) is 0.231. The Bertz CT molecular complexity index is 562. The van der Waals surface area contributed by atoms with Crippen molar-refractivity contribution in [2.45, 2.75) is 0 Å². The van der Waals surface area contributed by atoms with Gasteiger partial charge in [-0.25, -0.2) is 0 Å². The van der Waals surface area contributed by atoms with Crippen LogP contribution in [0.1, 0.15) is 5.56 Å². The third-order valence-electron chi connectivity index (χ3n) is 2.36. The summed E-state index contributed by atoms with van der Waals surface area (Å²) in [6, 6.07) is 5.27. The summed E-state index contributed by atoms with van der Waals surface area (Å²) in [5.74, 6) is 0.629. The zero-order chi connectivity index (χ0) is 14.4. The Kier molecular flexibility index (Phi) is 5.39. The highest BCUT2D eigenvalue weighted by atomic mass is 79.9. The summed E-state index contributed by atoms with van der Waals surface area (Å²) in [6.07, 6.45) is 1.48. The number of carbonyl (C=O) groups is 1. The second kappa shape index (κ2) is 6.81. The molecule has 1 aromatic rings. The molecule has 1 N–H and O–H groups in total. The van der Waals surface area contributed by atoms with E-state index in [1.807, 2.05) is 6.07 Å². The summed E-state index contributed by atoms with van der Waals surface area (Å²) in [6.45, 7) is 0. The van der Waals surface area contributed by atoms with Gasteiger partial charge in [0.05, 0.1) is 18.7 Å². The van der Waals surface area contributed by atoms with E-state index in [1.54, 1.807) is 12.1 Å². The van der Waals surface area contributed by atoms with Gasteiger partial charge in [-0.05, 0) is 39.7 Å². The second-order valence-electron chi connectivity index (χ2n) is 3.49. The van der Waals surface area contributed by atoms with Crippen molar-refractivity contribution in [2.75, 3.05) is 21.3 Å². The number of benzene rings is 1. The topological polar surface area (TPSA) is 71.4 Å². The molecule has 0 unspecified atom stereocenters. The molecule has 0 aliphatic rings. The molecule has 0 atom stereocenters. The van der Waals surface area contributed by atoms with E-state index in [1.165, 1.54) is 27.3 Å². The number of nitrogens with one attached hydrogen (secondary N) is 1. The van der Waals surface area contributed by atoms with Crippen molar-refractivity contribution in [3.8, 4) is 17.6 Å². The third-order valence-corrected chi connectivity index (χ3v) is 2.95. The fourth-order valence-corrected chi connectivity index (χ4v) is 2.09. The van der Waals surface area contributed by atoms with Crippen molar-refractivity contribution in [3.05, 3.63) is 27.7 Å². The molecular formula is C13H13BrN2O3. The van der Waals surface area contributed by atoms with Crippen LogP contribution in [0.25, 0.3) is 6.08 Å². The molecule has 1 aromatic carbocycles. The summed E-state index contributed by atoms with van der Waals surface area (Å²) >= 11 is 3.35. The Morgan fingerprint density at radius 1 is 1.42 bits per heavy atom. The highest BCUT2D eigenvalue weighted by Gasteiger charge is 2.12. The number of amides is 1. The van der Waals surface area contributed by atoms with Crippen LogP contribution in [0.5, 0.6) is 11.5 Å². The lowest BCUT2D eigenvalue weighted by atomic mass is 10.1. The van der Waals surface area contributed by atoms with Crippen LogP contribution in [0.2, 0.25) is 0 Å². The Balaban J connectivity index is 3.30. The van der Waals surface area contributed by atoms with Crippen LogP contribution < -0.4 is 14.8 Å². The van der Waals surface area contributed by atoms with Crippen LogP contribution in [0.15, 0.2) is 22.2 Å². The van der Waals surface area contributed by atoms with Gasteiger partial charge in [0.2, 0.25) is 0 Å². The zero-order valence-electron chi connectivity index (χ0n) is 10.8. The zero-order valence-corrected chi connectivity index (χ0v) is 12.4. The van der Waals surface area contributed by atoms with E-state index in [4.69, 9.17) is 14.7 Å². The van der Waals surface area contributed by atoms with Crippen LogP contribution >= 0.6 is 15.9 Å². The first kappa shape index (κ1) is 15.1. The monoisotopic (exact) mass is 324 g/mol. The minimum Gasteiger partial charge on any atom is -0.493 e. The van der Waals surface area contributed by atoms with Crippen molar-refractivity contribution in [2.24, 2.45) is 0 Å². The number of carbonyl (C=O) groups excluding carboxylic acids is 1. The van der Waals surface area contributed by atoms with Crippen LogP contribution in [0.4, 0.5) is 0 Å². The second-order valence-corrected chi connectivity index (χ2v) is 4.34. The Morgan fingerprint density at radius 3 is 2.58 bits per heavy atom. The van der Waals surface area contributed by atoms with Gasteiger partial charge in [0.1, 0.15) is 11.6 Å². The SMILES string of the molecule is CNC(=O)/C(C#N)=C\c1cc(Br)c(OC)c(OC)c1. The molecule has 1 rings (SSSR count). The van der Waals surface area contributed by atoms with Gasteiger partial charge in [-0.15, -0.1) is 0 Å². The molecule has 0 bridgehead atoms. The minimum absolute atomic E-state index is 0.0154. The maximum atomic E-state index is 11.4. The number of ether oxygens (including phenoxy) is 2. The average Bonchev–Trinajstić information content (AvgIpc) is 2.43. The van der Waals surface area contributed by atoms with Gasteiger partial charge in [0.25, 0.3) is 5.91 Å². The molecule has 0 radical (unpaired) electrons. The number of halogens is 1. The van der Waals surface area contributed by atoms with E-state index in [2.05, 4.69) is 21.2 Å². The van der Waals surface area contributed by atoms with E-state index in [-0.39, 0.29) is 5.57 Å². The van der Waals surface area contributed by atoms with Gasteiger partial charge in [-0.3, -0.25) is 4.79 Å². The van der Waals surface area contributed by atoms with Gasteiger partial charge in [-0.1, -0.05) is 0 Å². The van der Waals surface area contributed by atoms with Crippen LogP contribution in [0, 0.1) is 11.3 Å². The van der Waals surface area contributed by atoms with Gasteiger partial charge in [0.15, 0.2) is 11.5 Å². The molecule has 1 amide bonds. The number of nitriles is 1. The highest BCUT2D eigenvalue weighted by Crippen LogP contribution is 2.36. The molecular weight excluding hydrogens is 312 g/mol. The molecule has 0 aromatic heterocycles. The summed E-state index contributed by atoms with van der Waals surface area (Å²) < 4.78 is 11.1. The fourth-order valence-electron chi connectivity index (χ4n) is 1.47. The number of methoxy groups -OCH3 is 2. The number of likely N-dealkylation sites (N-methyl/N-ethyl adjacent to an activating group) is 1. The van der Waals surface area contributed by atoms with Crippen molar-refractivity contribution >= 4 is 27.9 Å². The van der Waals surface area contributed by atoms with Crippen molar-refractivity contribution in [1.29, 1.82) is 5.26 Å². The van der Waals surface area contributed by atoms with E-state index in [0.29, 0.717) is 21.5 Å². The molecule has 0 saturated heterocycles. The predicted molar refractivity (Wildman–Crippen MR) is 74.9 cm³/mol. The van der Waals surface area contributed by atoms with Crippen LogP contribution in [-0.4, -0.2) is 27.2 Å². The van der Waals surface area contributed by atoms with E-state index >= 15 is 0 Å². The van der Waals surface area contributed by atoms with E-state index < -0.39 is 5.91 Å². The summed E-state index contributed by atoms with van der Waals surface area (Å²) in [5, 5.41) is 11.3. The Morgan fingerprint density at radius 2 is 2.11 bits per heavy atom. The summed E-state index contributed by atoms with van der Waals surface area (Å²) in [7, 11) is 4.52. The minimum atomic E-state index is -0.437. The first-order valence-corrected chi connectivity index (χ1v) is 6.12. The molecule has 0 aliphatic carbocycles. The van der Waals surface area contributed by atoms with Gasteiger partial charge in [0, 0.05) is 7.05 Å². The normalized spacial score (nSPS) is 10.6. The molecule has 5 nitrogen and oxygen atoms in total. The Hall–Kier alpha value is -2.00. The summed E-state index contributed by atoms with van der Waals surface area (Å²) in [4.78, 5) is 11.4. The molecule has 6 heteroatoms. The van der Waals surface area contributed by atoms with E-state index in [9.17, 15) is 4.79 Å². The maximum Gasteiger partial charge on any atom is 0.261 e. The lowest BCUT2D eigenvalue weighted by Gasteiger charge is -2.10. The van der Waals surface area contributed by atoms with Crippen molar-refractivity contribution < 1.29 is 14.3 Å². The molecule has 0 spiro atoms. The molecule has 0 saturated carbocycles. The van der Waals surface area contributed by atoms with Gasteiger partial charge < -0.3 is 14.8 Å². The Labute approximate surface area is 119 Å². The average molecular weight is 325 g/mol. The highest BCUT2D eigenvalue weighted by molar-refractivity contribution is 9.10. The quantitative estimate of drug-likeness (QED) is 0.680. The van der Waals surface area contributed by atoms with E-state index in [0.717, 1.165) is 0 Å². The molecule has 100 valence electrons. The number of nitrogens with zero attached hydrogens (tertiary/aromatic N) is 1. The van der Waals surface area contributed by atoms with Gasteiger partial charge in [-0.2, -0.15) is 5.26 Å². The van der Waals surface area contributed by atoms with Crippen LogP contribution in [-0.2, 0) is 4.79 Å². The number of rotatable bonds is 4. The molecule has 0 aliphatic heterocycles. The maximum absolute atomic E-state index is 11.4. The molecule has 0 heterocycles. The molecule has 0 fully saturated rings. The largest absolute Gasteiger partial charge is 0.493 e. The van der Waals surface area contributed by atoms with Gasteiger partial charge >= 0.3 is 0 Å². The smallest absolute Gasteiger partial charge is 0.261 e. The van der Waals surface area contributed by atoms with Crippen molar-refractivity contribution in [3.63, 3.8) is 0 Å². The third kappa shape index (κ3) is 3.48. The number of hydrogen-bond acceptors (Lipinski definition) is 4. The lowest BCUT2D eigenvalue weighted by Crippen LogP contribution is -2.19. The van der Waals surface area contributed by atoms with Crippen molar-refractivity contribution in [1.82, 2.24) is 5.32 Å². The lowest BCUT2D eigenvalue weighted by molar-refractivity contribution is -0.116. The standard InChI is InChI=1S/C13H13BrN2O3/c1-16-13(17)9(7-15)4-8-5-10(14)12(19-3)11(6-8)18-2/h4-6H,1-3H3,(H,16,17)/b9-4-. The number of hydrogen-bond donors (Lipinski definition) is 1. The summed E-state index contributed by atoms with van der Waals surface area (Å²) in [5.41, 5.74) is 0.672. The van der Waals surface area contributed by atoms with Crippen LogP contribution in [0.3, 0.4) is 0 Å². The molecule has 19 heavy (non-hydrogen) atoms. The first-order chi connectivity index (χ1) is 9.07.